The lowest BCUT2D eigenvalue weighted by molar-refractivity contribution is -0.274. The molecule has 2 aromatic rings. The summed E-state index contributed by atoms with van der Waals surface area (Å²) in [6.45, 7) is 9.51. The molecule has 8 heteroatoms. The number of rotatable bonds is 5. The van der Waals surface area contributed by atoms with Crippen molar-refractivity contribution in [2.75, 3.05) is 0 Å². The third kappa shape index (κ3) is 4.87. The number of aryl methyl sites for hydroxylation is 1. The van der Waals surface area contributed by atoms with Crippen molar-refractivity contribution in [1.29, 1.82) is 0 Å². The molecule has 0 aromatic heterocycles. The van der Waals surface area contributed by atoms with Crippen LogP contribution in [0.5, 0.6) is 11.5 Å². The Kier molecular flexibility index (Phi) is 5.62. The van der Waals surface area contributed by atoms with Crippen molar-refractivity contribution in [2.45, 2.75) is 58.8 Å². The van der Waals surface area contributed by atoms with E-state index >= 15 is 0 Å². The molecule has 0 radical (unpaired) electrons. The van der Waals surface area contributed by atoms with Crippen LogP contribution in [-0.2, 0) is 15.9 Å². The number of alkyl halides is 3. The van der Waals surface area contributed by atoms with Gasteiger partial charge in [-0.3, -0.25) is 0 Å². The van der Waals surface area contributed by atoms with Crippen molar-refractivity contribution in [3.8, 4) is 11.5 Å². The number of ether oxygens (including phenoxy) is 2. The standard InChI is InChI=1S/C21H24BF3O4/c1-14-11-16(27-21(23,24)25)12-17(26-13-15-9-7-6-8-10-15)18(14)22-28-19(2,3)20(4,5)29-22/h6-12H,13H2,1-5H3. The first-order valence-electron chi connectivity index (χ1n) is 9.31. The van der Waals surface area contributed by atoms with Crippen LogP contribution in [0.2, 0.25) is 0 Å². The maximum atomic E-state index is 12.7. The lowest BCUT2D eigenvalue weighted by Crippen LogP contribution is -2.41. The summed E-state index contributed by atoms with van der Waals surface area (Å²) in [5, 5.41) is 0. The molecule has 1 aliphatic rings. The fraction of sp³-hybridized carbons (Fsp3) is 0.429. The summed E-state index contributed by atoms with van der Waals surface area (Å²) < 4.78 is 60.5. The van der Waals surface area contributed by atoms with Crippen LogP contribution in [0, 0.1) is 6.92 Å². The van der Waals surface area contributed by atoms with Crippen LogP contribution in [0.4, 0.5) is 13.2 Å². The van der Waals surface area contributed by atoms with Crippen molar-refractivity contribution < 1.29 is 32.0 Å². The Morgan fingerprint density at radius 1 is 0.966 bits per heavy atom. The van der Waals surface area contributed by atoms with Crippen LogP contribution < -0.4 is 14.9 Å². The molecule has 0 saturated carbocycles. The summed E-state index contributed by atoms with van der Waals surface area (Å²) in [5.74, 6) is -0.120. The van der Waals surface area contributed by atoms with E-state index in [1.807, 2.05) is 58.0 Å². The van der Waals surface area contributed by atoms with Gasteiger partial charge in [0.2, 0.25) is 0 Å². The summed E-state index contributed by atoms with van der Waals surface area (Å²) in [6.07, 6.45) is -4.80. The minimum absolute atomic E-state index is 0.183. The molecular formula is C21H24BF3O4. The summed E-state index contributed by atoms with van der Waals surface area (Å²) in [5.41, 5.74) is 0.763. The van der Waals surface area contributed by atoms with Gasteiger partial charge in [-0.15, -0.1) is 13.2 Å². The average molecular weight is 408 g/mol. The Morgan fingerprint density at radius 2 is 1.55 bits per heavy atom. The molecule has 156 valence electrons. The predicted molar refractivity (Wildman–Crippen MR) is 104 cm³/mol. The van der Waals surface area contributed by atoms with Crippen molar-refractivity contribution in [1.82, 2.24) is 0 Å². The van der Waals surface area contributed by atoms with Crippen LogP contribution in [0.25, 0.3) is 0 Å². The molecule has 29 heavy (non-hydrogen) atoms. The third-order valence-electron chi connectivity index (χ3n) is 5.28. The molecule has 0 atom stereocenters. The zero-order valence-electron chi connectivity index (χ0n) is 17.1. The molecule has 3 rings (SSSR count). The fourth-order valence-corrected chi connectivity index (χ4v) is 3.04. The maximum absolute atomic E-state index is 12.7. The topological polar surface area (TPSA) is 36.9 Å². The molecule has 2 aromatic carbocycles. The van der Waals surface area contributed by atoms with Crippen molar-refractivity contribution in [2.24, 2.45) is 0 Å². The van der Waals surface area contributed by atoms with Gasteiger partial charge in [-0.2, -0.15) is 0 Å². The van der Waals surface area contributed by atoms with Gasteiger partial charge in [0.15, 0.2) is 0 Å². The fourth-order valence-electron chi connectivity index (χ4n) is 3.04. The number of hydrogen-bond acceptors (Lipinski definition) is 4. The zero-order valence-corrected chi connectivity index (χ0v) is 17.1. The molecular weight excluding hydrogens is 384 g/mol. The first-order valence-corrected chi connectivity index (χ1v) is 9.31. The van der Waals surface area contributed by atoms with E-state index in [4.69, 9.17) is 14.0 Å². The van der Waals surface area contributed by atoms with Crippen LogP contribution in [0.15, 0.2) is 42.5 Å². The summed E-state index contributed by atoms with van der Waals surface area (Å²) in [4.78, 5) is 0. The van der Waals surface area contributed by atoms with E-state index in [9.17, 15) is 13.2 Å². The van der Waals surface area contributed by atoms with E-state index in [1.54, 1.807) is 6.92 Å². The van der Waals surface area contributed by atoms with Crippen LogP contribution in [0.1, 0.15) is 38.8 Å². The number of benzene rings is 2. The van der Waals surface area contributed by atoms with E-state index in [-0.39, 0.29) is 18.1 Å². The van der Waals surface area contributed by atoms with Gasteiger partial charge in [0, 0.05) is 11.5 Å². The molecule has 0 aliphatic carbocycles. The van der Waals surface area contributed by atoms with Crippen molar-refractivity contribution in [3.05, 3.63) is 53.6 Å². The van der Waals surface area contributed by atoms with E-state index < -0.39 is 24.7 Å². The Hall–Kier alpha value is -2.19. The van der Waals surface area contributed by atoms with Crippen LogP contribution in [-0.4, -0.2) is 24.7 Å². The van der Waals surface area contributed by atoms with Crippen LogP contribution in [0.3, 0.4) is 0 Å². The summed E-state index contributed by atoms with van der Waals surface area (Å²) in [7, 11) is -0.772. The van der Waals surface area contributed by atoms with E-state index in [0.29, 0.717) is 11.0 Å². The SMILES string of the molecule is Cc1cc(OC(F)(F)F)cc(OCc2ccccc2)c1B1OC(C)(C)C(C)(C)O1. The third-order valence-corrected chi connectivity index (χ3v) is 5.28. The Balaban J connectivity index is 1.97. The van der Waals surface area contributed by atoms with E-state index in [1.165, 1.54) is 12.1 Å². The molecule has 0 unspecified atom stereocenters. The van der Waals surface area contributed by atoms with Gasteiger partial charge in [0.25, 0.3) is 0 Å². The van der Waals surface area contributed by atoms with Gasteiger partial charge in [-0.05, 0) is 51.8 Å². The highest BCUT2D eigenvalue weighted by atomic mass is 19.4. The lowest BCUT2D eigenvalue weighted by atomic mass is 9.75. The molecule has 0 spiro atoms. The smallest absolute Gasteiger partial charge is 0.489 e. The Morgan fingerprint density at radius 3 is 2.10 bits per heavy atom. The second-order valence-electron chi connectivity index (χ2n) is 8.06. The van der Waals surface area contributed by atoms with E-state index in [0.717, 1.165) is 5.56 Å². The van der Waals surface area contributed by atoms with Gasteiger partial charge >= 0.3 is 13.5 Å². The molecule has 0 N–H and O–H groups in total. The molecule has 0 amide bonds. The lowest BCUT2D eigenvalue weighted by Gasteiger charge is -2.32. The summed E-state index contributed by atoms with van der Waals surface area (Å²) >= 11 is 0. The number of halogens is 3. The second-order valence-corrected chi connectivity index (χ2v) is 8.06. The van der Waals surface area contributed by atoms with Gasteiger partial charge in [-0.25, -0.2) is 0 Å². The maximum Gasteiger partial charge on any atom is 0.573 e. The highest BCUT2D eigenvalue weighted by Crippen LogP contribution is 2.38. The normalized spacial score (nSPS) is 18.0. The second kappa shape index (κ2) is 7.57. The molecule has 4 nitrogen and oxygen atoms in total. The minimum atomic E-state index is -4.80. The predicted octanol–water partition coefficient (Wildman–Crippen LogP) is 4.77. The van der Waals surface area contributed by atoms with Gasteiger partial charge in [0.1, 0.15) is 18.1 Å². The van der Waals surface area contributed by atoms with Crippen molar-refractivity contribution >= 4 is 12.6 Å². The molecule has 1 aliphatic heterocycles. The largest absolute Gasteiger partial charge is 0.573 e. The molecule has 1 heterocycles. The first kappa shape index (κ1) is 21.5. The zero-order chi connectivity index (χ0) is 21.4. The molecule has 0 bridgehead atoms. The first-order chi connectivity index (χ1) is 13.4. The quantitative estimate of drug-likeness (QED) is 0.668. The summed E-state index contributed by atoms with van der Waals surface area (Å²) in [6, 6.07) is 11.9. The van der Waals surface area contributed by atoms with Gasteiger partial charge < -0.3 is 18.8 Å². The number of hydrogen-bond donors (Lipinski definition) is 0. The van der Waals surface area contributed by atoms with Crippen molar-refractivity contribution in [3.63, 3.8) is 0 Å². The highest BCUT2D eigenvalue weighted by molar-refractivity contribution is 6.63. The molecule has 1 saturated heterocycles. The average Bonchev–Trinajstić information content (AvgIpc) is 2.79. The van der Waals surface area contributed by atoms with Gasteiger partial charge in [-0.1, -0.05) is 30.3 Å². The monoisotopic (exact) mass is 408 g/mol. The molecule has 1 fully saturated rings. The highest BCUT2D eigenvalue weighted by Gasteiger charge is 2.53. The van der Waals surface area contributed by atoms with Gasteiger partial charge in [0.05, 0.1) is 11.2 Å². The van der Waals surface area contributed by atoms with E-state index in [2.05, 4.69) is 4.74 Å². The Bertz CT molecular complexity index is 850. The minimum Gasteiger partial charge on any atom is -0.489 e. The van der Waals surface area contributed by atoms with Crippen LogP contribution >= 0.6 is 0 Å². The Labute approximate surface area is 169 Å².